The van der Waals surface area contributed by atoms with Crippen molar-refractivity contribution in [2.45, 2.75) is 37.9 Å². The van der Waals surface area contributed by atoms with Gasteiger partial charge in [0.15, 0.2) is 5.78 Å². The van der Waals surface area contributed by atoms with Crippen molar-refractivity contribution in [3.05, 3.63) is 0 Å². The number of nitrogens with zero attached hydrogens (tertiary/aromatic N) is 1. The second-order valence-corrected chi connectivity index (χ2v) is 6.18. The van der Waals surface area contributed by atoms with E-state index in [0.717, 1.165) is 45.5 Å². The van der Waals surface area contributed by atoms with E-state index in [-0.39, 0.29) is 23.4 Å². The van der Waals surface area contributed by atoms with Gasteiger partial charge >= 0.3 is 0 Å². The summed E-state index contributed by atoms with van der Waals surface area (Å²) in [6.45, 7) is 7.53. The van der Waals surface area contributed by atoms with Gasteiger partial charge in [0, 0.05) is 38.6 Å². The minimum Gasteiger partial charge on any atom is -0.378 e. The average Bonchev–Trinajstić information content (AvgIpc) is 2.94. The van der Waals surface area contributed by atoms with Crippen LogP contribution in [0.15, 0.2) is 0 Å². The Labute approximate surface area is 120 Å². The summed E-state index contributed by atoms with van der Waals surface area (Å²) < 4.78 is 17.1. The van der Waals surface area contributed by atoms with E-state index in [1.165, 1.54) is 0 Å². The Morgan fingerprint density at radius 1 is 1.35 bits per heavy atom. The molecule has 3 aliphatic rings. The van der Waals surface area contributed by atoms with Crippen LogP contribution in [0.3, 0.4) is 0 Å². The summed E-state index contributed by atoms with van der Waals surface area (Å²) in [6.07, 6.45) is 2.31. The van der Waals surface area contributed by atoms with Crippen LogP contribution in [-0.4, -0.2) is 68.4 Å². The molecule has 0 aromatic carbocycles. The van der Waals surface area contributed by atoms with Crippen LogP contribution in [0.2, 0.25) is 0 Å². The molecule has 20 heavy (non-hydrogen) atoms. The Morgan fingerprint density at radius 3 is 3.00 bits per heavy atom. The van der Waals surface area contributed by atoms with Crippen molar-refractivity contribution in [3.63, 3.8) is 0 Å². The second kappa shape index (κ2) is 6.10. The number of carbonyl (C=O) groups excluding carboxylic acids is 1. The van der Waals surface area contributed by atoms with E-state index >= 15 is 0 Å². The number of morpholine rings is 1. The molecule has 3 rings (SSSR count). The third-order valence-electron chi connectivity index (χ3n) is 4.88. The highest BCUT2D eigenvalue weighted by Crippen LogP contribution is 2.36. The van der Waals surface area contributed by atoms with Crippen molar-refractivity contribution in [3.8, 4) is 0 Å². The topological polar surface area (TPSA) is 48.0 Å². The molecule has 5 heteroatoms. The van der Waals surface area contributed by atoms with Gasteiger partial charge in [0.2, 0.25) is 0 Å². The Morgan fingerprint density at radius 2 is 2.25 bits per heavy atom. The molecule has 3 saturated heterocycles. The first-order valence-electron chi connectivity index (χ1n) is 7.82. The zero-order valence-corrected chi connectivity index (χ0v) is 12.3. The van der Waals surface area contributed by atoms with E-state index in [2.05, 4.69) is 11.8 Å². The minimum atomic E-state index is -0.244. The van der Waals surface area contributed by atoms with Crippen LogP contribution in [0.4, 0.5) is 0 Å². The smallest absolute Gasteiger partial charge is 0.166 e. The van der Waals surface area contributed by atoms with Crippen LogP contribution >= 0.6 is 0 Å². The van der Waals surface area contributed by atoms with Crippen LogP contribution < -0.4 is 0 Å². The summed E-state index contributed by atoms with van der Waals surface area (Å²) in [6, 6.07) is 0. The van der Waals surface area contributed by atoms with E-state index in [4.69, 9.17) is 14.2 Å². The van der Waals surface area contributed by atoms with Crippen LogP contribution in [0.5, 0.6) is 0 Å². The van der Waals surface area contributed by atoms with E-state index in [0.29, 0.717) is 19.8 Å². The predicted molar refractivity (Wildman–Crippen MR) is 73.7 cm³/mol. The molecule has 3 heterocycles. The number of hydrogen-bond acceptors (Lipinski definition) is 5. The van der Waals surface area contributed by atoms with Gasteiger partial charge in [0.25, 0.3) is 0 Å². The first-order valence-corrected chi connectivity index (χ1v) is 7.82. The van der Waals surface area contributed by atoms with E-state index in [1.54, 1.807) is 0 Å². The van der Waals surface area contributed by atoms with Crippen LogP contribution in [0.1, 0.15) is 26.2 Å². The molecule has 1 spiro atoms. The summed E-state index contributed by atoms with van der Waals surface area (Å²) in [4.78, 5) is 15.0. The number of rotatable bonds is 3. The van der Waals surface area contributed by atoms with Crippen molar-refractivity contribution in [1.29, 1.82) is 0 Å². The Balaban J connectivity index is 1.61. The zero-order valence-electron chi connectivity index (χ0n) is 12.3. The average molecular weight is 283 g/mol. The molecule has 0 aromatic heterocycles. The molecule has 3 aliphatic heterocycles. The fraction of sp³-hybridized carbons (Fsp3) is 0.933. The summed E-state index contributed by atoms with van der Waals surface area (Å²) in [7, 11) is 0. The van der Waals surface area contributed by atoms with E-state index in [1.807, 2.05) is 0 Å². The fourth-order valence-electron chi connectivity index (χ4n) is 3.56. The molecule has 5 nitrogen and oxygen atoms in total. The monoisotopic (exact) mass is 283 g/mol. The molecule has 0 saturated carbocycles. The maximum absolute atomic E-state index is 12.7. The van der Waals surface area contributed by atoms with Gasteiger partial charge in [0.1, 0.15) is 6.10 Å². The van der Waals surface area contributed by atoms with Crippen molar-refractivity contribution in [2.24, 2.45) is 5.92 Å². The van der Waals surface area contributed by atoms with Gasteiger partial charge < -0.3 is 14.2 Å². The van der Waals surface area contributed by atoms with Gasteiger partial charge in [-0.2, -0.15) is 0 Å². The number of ether oxygens (including phenoxy) is 3. The molecule has 0 aromatic rings. The second-order valence-electron chi connectivity index (χ2n) is 6.18. The molecule has 0 N–H and O–H groups in total. The number of carbonyl (C=O) groups is 1. The van der Waals surface area contributed by atoms with Crippen molar-refractivity contribution < 1.29 is 19.0 Å². The number of likely N-dealkylation sites (N-methyl/N-ethyl adjacent to an activating group) is 1. The van der Waals surface area contributed by atoms with Gasteiger partial charge in [-0.3, -0.25) is 9.69 Å². The third kappa shape index (κ3) is 2.91. The lowest BCUT2D eigenvalue weighted by Gasteiger charge is -2.39. The molecular formula is C15H25NO4. The predicted octanol–water partition coefficient (Wildman–Crippen LogP) is 0.862. The molecule has 0 radical (unpaired) electrons. The molecular weight excluding hydrogens is 258 g/mol. The molecule has 3 atom stereocenters. The standard InChI is InChI=1S/C15H25NO4/c1-2-16-5-8-19-13(10-16)14(17)12-3-6-20-15(9-12)4-7-18-11-15/h12-13H,2-11H2,1H3. The summed E-state index contributed by atoms with van der Waals surface area (Å²) in [5, 5.41) is 0. The highest BCUT2D eigenvalue weighted by atomic mass is 16.6. The Bertz CT molecular complexity index is 354. The number of Topliss-reactive ketones (excluding diaryl/α,β-unsaturated/α-hetero) is 1. The molecule has 0 aliphatic carbocycles. The number of ketones is 1. The Hall–Kier alpha value is -0.490. The highest BCUT2D eigenvalue weighted by molar-refractivity contribution is 5.86. The van der Waals surface area contributed by atoms with Crippen molar-refractivity contribution >= 4 is 5.78 Å². The number of hydrogen-bond donors (Lipinski definition) is 0. The first-order chi connectivity index (χ1) is 9.72. The summed E-state index contributed by atoms with van der Waals surface area (Å²) >= 11 is 0. The van der Waals surface area contributed by atoms with Crippen molar-refractivity contribution in [2.75, 3.05) is 46.1 Å². The highest BCUT2D eigenvalue weighted by Gasteiger charge is 2.44. The SMILES string of the molecule is CCN1CCOC(C(=O)C2CCOC3(CCOC3)C2)C1. The van der Waals surface area contributed by atoms with E-state index in [9.17, 15) is 4.79 Å². The van der Waals surface area contributed by atoms with E-state index < -0.39 is 0 Å². The zero-order chi connectivity index (χ0) is 14.0. The van der Waals surface area contributed by atoms with Gasteiger partial charge in [-0.25, -0.2) is 0 Å². The van der Waals surface area contributed by atoms with Crippen molar-refractivity contribution in [1.82, 2.24) is 4.90 Å². The maximum Gasteiger partial charge on any atom is 0.166 e. The lowest BCUT2D eigenvalue weighted by Crippen LogP contribution is -2.50. The molecule has 114 valence electrons. The lowest BCUT2D eigenvalue weighted by molar-refractivity contribution is -0.152. The van der Waals surface area contributed by atoms with Gasteiger partial charge in [-0.15, -0.1) is 0 Å². The normalized spacial score (nSPS) is 39.2. The molecule has 3 unspecified atom stereocenters. The lowest BCUT2D eigenvalue weighted by atomic mass is 9.81. The van der Waals surface area contributed by atoms with Gasteiger partial charge in [0.05, 0.1) is 18.8 Å². The third-order valence-corrected chi connectivity index (χ3v) is 4.88. The largest absolute Gasteiger partial charge is 0.378 e. The fourth-order valence-corrected chi connectivity index (χ4v) is 3.56. The van der Waals surface area contributed by atoms with Gasteiger partial charge in [-0.05, 0) is 19.4 Å². The van der Waals surface area contributed by atoms with Crippen LogP contribution in [0, 0.1) is 5.92 Å². The molecule has 0 amide bonds. The molecule has 0 bridgehead atoms. The minimum absolute atomic E-state index is 0.0762. The van der Waals surface area contributed by atoms with Gasteiger partial charge in [-0.1, -0.05) is 6.92 Å². The summed E-state index contributed by atoms with van der Waals surface area (Å²) in [5.74, 6) is 0.352. The quantitative estimate of drug-likeness (QED) is 0.769. The first kappa shape index (κ1) is 14.4. The van der Waals surface area contributed by atoms with Crippen LogP contribution in [0.25, 0.3) is 0 Å². The maximum atomic E-state index is 12.7. The summed E-state index contributed by atoms with van der Waals surface area (Å²) in [5.41, 5.74) is -0.197. The molecule has 3 fully saturated rings. The Kier molecular flexibility index (Phi) is 4.40. The van der Waals surface area contributed by atoms with Crippen LogP contribution in [-0.2, 0) is 19.0 Å².